The number of hydrogen-bond acceptors (Lipinski definition) is 3. The molecule has 0 aliphatic carbocycles. The van der Waals surface area contributed by atoms with E-state index in [1.807, 2.05) is 18.2 Å². The summed E-state index contributed by atoms with van der Waals surface area (Å²) in [5, 5.41) is 9.73. The summed E-state index contributed by atoms with van der Waals surface area (Å²) < 4.78 is 0. The molecule has 16 heavy (non-hydrogen) atoms. The fraction of sp³-hybridized carbons (Fsp3) is 0.538. The molecule has 0 aromatic heterocycles. The Morgan fingerprint density at radius 2 is 2.19 bits per heavy atom. The van der Waals surface area contributed by atoms with Crippen molar-refractivity contribution in [2.24, 2.45) is 5.73 Å². The number of hydrogen-bond donors (Lipinski definition) is 2. The number of phenols is 1. The molecule has 0 saturated carbocycles. The normalized spacial score (nSPS) is 26.9. The number of aromatic hydroxyl groups is 1. The predicted molar refractivity (Wildman–Crippen MR) is 65.2 cm³/mol. The molecule has 3 N–H and O–H groups in total. The van der Waals surface area contributed by atoms with E-state index >= 15 is 0 Å². The lowest BCUT2D eigenvalue weighted by Gasteiger charge is -2.36. The quantitative estimate of drug-likeness (QED) is 0.797. The average Bonchev–Trinajstić information content (AvgIpc) is 2.25. The van der Waals surface area contributed by atoms with Crippen LogP contribution in [-0.4, -0.2) is 28.6 Å². The maximum absolute atomic E-state index is 9.73. The van der Waals surface area contributed by atoms with Crippen LogP contribution < -0.4 is 5.73 Å². The van der Waals surface area contributed by atoms with Gasteiger partial charge >= 0.3 is 0 Å². The molecule has 1 saturated heterocycles. The maximum Gasteiger partial charge on any atom is 0.120 e. The van der Waals surface area contributed by atoms with E-state index in [0.717, 1.165) is 31.5 Å². The van der Waals surface area contributed by atoms with Gasteiger partial charge in [-0.3, -0.25) is 4.90 Å². The van der Waals surface area contributed by atoms with E-state index in [-0.39, 0.29) is 0 Å². The number of rotatable bonds is 2. The summed E-state index contributed by atoms with van der Waals surface area (Å²) in [5.41, 5.74) is 6.94. The summed E-state index contributed by atoms with van der Waals surface area (Å²) >= 11 is 0. The summed E-state index contributed by atoms with van der Waals surface area (Å²) in [4.78, 5) is 2.39. The Morgan fingerprint density at radius 1 is 1.44 bits per heavy atom. The second-order valence-corrected chi connectivity index (χ2v) is 4.73. The lowest BCUT2D eigenvalue weighted by atomic mass is 9.98. The van der Waals surface area contributed by atoms with Gasteiger partial charge in [0.25, 0.3) is 0 Å². The Balaban J connectivity index is 2.02. The van der Waals surface area contributed by atoms with E-state index in [4.69, 9.17) is 5.73 Å². The smallest absolute Gasteiger partial charge is 0.120 e. The molecule has 1 aliphatic rings. The van der Waals surface area contributed by atoms with Gasteiger partial charge < -0.3 is 10.8 Å². The van der Waals surface area contributed by atoms with E-state index in [0.29, 0.717) is 17.8 Å². The number of para-hydroxylation sites is 1. The van der Waals surface area contributed by atoms with Crippen molar-refractivity contribution < 1.29 is 5.11 Å². The van der Waals surface area contributed by atoms with E-state index in [2.05, 4.69) is 11.8 Å². The zero-order chi connectivity index (χ0) is 11.5. The van der Waals surface area contributed by atoms with Crippen LogP contribution in [0.3, 0.4) is 0 Å². The largest absolute Gasteiger partial charge is 0.508 e. The van der Waals surface area contributed by atoms with Crippen LogP contribution in [0.4, 0.5) is 0 Å². The lowest BCUT2D eigenvalue weighted by Crippen LogP contribution is -2.44. The third-order valence-electron chi connectivity index (χ3n) is 3.42. The Morgan fingerprint density at radius 3 is 2.88 bits per heavy atom. The van der Waals surface area contributed by atoms with Gasteiger partial charge in [0.15, 0.2) is 0 Å². The van der Waals surface area contributed by atoms with Crippen LogP contribution in [0.2, 0.25) is 0 Å². The van der Waals surface area contributed by atoms with Crippen LogP contribution in [0.15, 0.2) is 24.3 Å². The molecule has 3 nitrogen and oxygen atoms in total. The molecule has 2 atom stereocenters. The zero-order valence-electron chi connectivity index (χ0n) is 9.76. The number of phenolic OH excluding ortho intramolecular Hbond substituents is 1. The highest BCUT2D eigenvalue weighted by Gasteiger charge is 2.23. The highest BCUT2D eigenvalue weighted by atomic mass is 16.3. The summed E-state index contributed by atoms with van der Waals surface area (Å²) in [7, 11) is 0. The molecule has 3 heteroatoms. The number of benzene rings is 1. The monoisotopic (exact) mass is 220 g/mol. The van der Waals surface area contributed by atoms with Gasteiger partial charge in [-0.15, -0.1) is 0 Å². The minimum absolute atomic E-state index is 0.343. The second-order valence-electron chi connectivity index (χ2n) is 4.73. The molecule has 1 heterocycles. The van der Waals surface area contributed by atoms with Crippen LogP contribution in [0.25, 0.3) is 0 Å². The first-order chi connectivity index (χ1) is 7.66. The first-order valence-electron chi connectivity index (χ1n) is 5.93. The minimum atomic E-state index is 0.343. The molecule has 2 unspecified atom stereocenters. The van der Waals surface area contributed by atoms with Crippen LogP contribution >= 0.6 is 0 Å². The van der Waals surface area contributed by atoms with Crippen LogP contribution in [0.5, 0.6) is 5.75 Å². The van der Waals surface area contributed by atoms with Gasteiger partial charge in [-0.2, -0.15) is 0 Å². The van der Waals surface area contributed by atoms with E-state index in [1.54, 1.807) is 6.07 Å². The third kappa shape index (κ3) is 2.54. The standard InChI is InChI=1S/C13H20N2O/c1-10-8-12(14)6-7-15(10)9-11-4-2-3-5-13(11)16/h2-5,10,12,16H,6-9,14H2,1H3. The van der Waals surface area contributed by atoms with Crippen LogP contribution in [0, 0.1) is 0 Å². The molecule has 0 bridgehead atoms. The fourth-order valence-electron chi connectivity index (χ4n) is 2.36. The Kier molecular flexibility index (Phi) is 3.46. The van der Waals surface area contributed by atoms with Gasteiger partial charge in [0.2, 0.25) is 0 Å². The first kappa shape index (κ1) is 11.4. The highest BCUT2D eigenvalue weighted by Crippen LogP contribution is 2.22. The van der Waals surface area contributed by atoms with Crippen molar-refractivity contribution in [1.82, 2.24) is 4.90 Å². The van der Waals surface area contributed by atoms with Crippen LogP contribution in [0.1, 0.15) is 25.3 Å². The second kappa shape index (κ2) is 4.85. The molecule has 0 radical (unpaired) electrons. The molecule has 1 aromatic rings. The molecule has 0 amide bonds. The van der Waals surface area contributed by atoms with E-state index < -0.39 is 0 Å². The molecule has 1 aromatic carbocycles. The van der Waals surface area contributed by atoms with E-state index in [1.165, 1.54) is 0 Å². The number of likely N-dealkylation sites (tertiary alicyclic amines) is 1. The molecular formula is C13H20N2O. The van der Waals surface area contributed by atoms with Gasteiger partial charge in [-0.05, 0) is 25.8 Å². The van der Waals surface area contributed by atoms with Crippen molar-refractivity contribution in [3.63, 3.8) is 0 Å². The number of nitrogens with two attached hydrogens (primary N) is 1. The Hall–Kier alpha value is -1.06. The van der Waals surface area contributed by atoms with Gasteiger partial charge in [-0.25, -0.2) is 0 Å². The van der Waals surface area contributed by atoms with Crippen molar-refractivity contribution >= 4 is 0 Å². The summed E-state index contributed by atoms with van der Waals surface area (Å²) in [6, 6.07) is 8.40. The van der Waals surface area contributed by atoms with Gasteiger partial charge in [0, 0.05) is 30.7 Å². The third-order valence-corrected chi connectivity index (χ3v) is 3.42. The summed E-state index contributed by atoms with van der Waals surface area (Å²) in [6.45, 7) is 4.05. The predicted octanol–water partition coefficient (Wildman–Crippen LogP) is 1.70. The van der Waals surface area contributed by atoms with Crippen molar-refractivity contribution in [2.45, 2.75) is 38.4 Å². The highest BCUT2D eigenvalue weighted by molar-refractivity contribution is 5.31. The van der Waals surface area contributed by atoms with Crippen molar-refractivity contribution in [2.75, 3.05) is 6.54 Å². The molecule has 88 valence electrons. The Labute approximate surface area is 96.9 Å². The fourth-order valence-corrected chi connectivity index (χ4v) is 2.36. The van der Waals surface area contributed by atoms with Gasteiger partial charge in [0.1, 0.15) is 5.75 Å². The SMILES string of the molecule is CC1CC(N)CCN1Cc1ccccc1O. The average molecular weight is 220 g/mol. The summed E-state index contributed by atoms with van der Waals surface area (Å²) in [6.07, 6.45) is 2.10. The Bertz CT molecular complexity index is 354. The molecule has 1 fully saturated rings. The summed E-state index contributed by atoms with van der Waals surface area (Å²) in [5.74, 6) is 0.393. The topological polar surface area (TPSA) is 49.5 Å². The zero-order valence-corrected chi connectivity index (χ0v) is 9.76. The maximum atomic E-state index is 9.73. The first-order valence-corrected chi connectivity index (χ1v) is 5.93. The number of piperidine rings is 1. The van der Waals surface area contributed by atoms with Gasteiger partial charge in [-0.1, -0.05) is 18.2 Å². The minimum Gasteiger partial charge on any atom is -0.508 e. The lowest BCUT2D eigenvalue weighted by molar-refractivity contribution is 0.139. The molecule has 1 aliphatic heterocycles. The van der Waals surface area contributed by atoms with Crippen molar-refractivity contribution in [3.8, 4) is 5.75 Å². The van der Waals surface area contributed by atoms with Crippen molar-refractivity contribution in [1.29, 1.82) is 0 Å². The number of nitrogens with zero attached hydrogens (tertiary/aromatic N) is 1. The molecular weight excluding hydrogens is 200 g/mol. The van der Waals surface area contributed by atoms with Crippen LogP contribution in [-0.2, 0) is 6.54 Å². The van der Waals surface area contributed by atoms with E-state index in [9.17, 15) is 5.11 Å². The molecule has 0 spiro atoms. The van der Waals surface area contributed by atoms with Crippen molar-refractivity contribution in [3.05, 3.63) is 29.8 Å². The van der Waals surface area contributed by atoms with Gasteiger partial charge in [0.05, 0.1) is 0 Å². The molecule has 2 rings (SSSR count).